The number of anilines is 1. The maximum Gasteiger partial charge on any atom is 0.132 e. The minimum Gasteiger partial charge on any atom is -0.383 e. The first-order chi connectivity index (χ1) is 8.98. The average Bonchev–Trinajstić information content (AvgIpc) is 3.11. The molecular weight excluding hydrogens is 234 g/mol. The highest BCUT2D eigenvalue weighted by molar-refractivity contribution is 5.74. The fourth-order valence-corrected chi connectivity index (χ4v) is 2.56. The van der Waals surface area contributed by atoms with Gasteiger partial charge in [0.2, 0.25) is 0 Å². The maximum atomic E-state index is 6.31. The summed E-state index contributed by atoms with van der Waals surface area (Å²) in [7, 11) is 0. The number of nitrogen functional groups attached to an aromatic ring is 1. The molecule has 1 fully saturated rings. The van der Waals surface area contributed by atoms with E-state index in [1.54, 1.807) is 0 Å². The van der Waals surface area contributed by atoms with Crippen LogP contribution in [0.2, 0.25) is 0 Å². The van der Waals surface area contributed by atoms with E-state index in [1.807, 2.05) is 10.9 Å². The zero-order valence-electron chi connectivity index (χ0n) is 11.9. The van der Waals surface area contributed by atoms with Gasteiger partial charge in [-0.1, -0.05) is 24.3 Å². The lowest BCUT2D eigenvalue weighted by molar-refractivity contribution is 0.402. The molecule has 3 nitrogen and oxygen atoms in total. The molecule has 0 aliphatic heterocycles. The van der Waals surface area contributed by atoms with Gasteiger partial charge in [-0.25, -0.2) is 4.98 Å². The van der Waals surface area contributed by atoms with Crippen LogP contribution < -0.4 is 5.73 Å². The molecule has 1 aromatic heterocycles. The molecule has 1 aliphatic rings. The lowest BCUT2D eigenvalue weighted by Crippen LogP contribution is -2.22. The Hall–Kier alpha value is -1.77. The van der Waals surface area contributed by atoms with E-state index in [0.29, 0.717) is 5.92 Å². The van der Waals surface area contributed by atoms with Gasteiger partial charge in [-0.3, -0.25) is 0 Å². The maximum absolute atomic E-state index is 6.31. The zero-order valence-corrected chi connectivity index (χ0v) is 11.9. The molecule has 100 valence electrons. The Bertz CT molecular complexity index is 601. The minimum absolute atomic E-state index is 0.0378. The number of aromatic nitrogens is 2. The van der Waals surface area contributed by atoms with E-state index in [-0.39, 0.29) is 5.54 Å². The predicted molar refractivity (Wildman–Crippen MR) is 79.0 cm³/mol. The molecule has 0 atom stereocenters. The van der Waals surface area contributed by atoms with Crippen molar-refractivity contribution in [1.29, 1.82) is 0 Å². The van der Waals surface area contributed by atoms with Crippen molar-refractivity contribution in [2.45, 2.75) is 45.1 Å². The minimum atomic E-state index is -0.0378. The summed E-state index contributed by atoms with van der Waals surface area (Å²) >= 11 is 0. The largest absolute Gasteiger partial charge is 0.383 e. The van der Waals surface area contributed by atoms with Crippen LogP contribution in [0, 0.1) is 0 Å². The molecule has 1 saturated carbocycles. The molecule has 3 rings (SSSR count). The van der Waals surface area contributed by atoms with Crippen LogP contribution in [0.25, 0.3) is 11.3 Å². The second kappa shape index (κ2) is 4.12. The van der Waals surface area contributed by atoms with Crippen molar-refractivity contribution >= 4 is 5.82 Å². The Morgan fingerprint density at radius 2 is 1.89 bits per heavy atom. The van der Waals surface area contributed by atoms with Crippen molar-refractivity contribution in [3.63, 3.8) is 0 Å². The second-order valence-electron chi connectivity index (χ2n) is 6.38. The van der Waals surface area contributed by atoms with Gasteiger partial charge < -0.3 is 10.3 Å². The monoisotopic (exact) mass is 255 g/mol. The second-order valence-corrected chi connectivity index (χ2v) is 6.38. The van der Waals surface area contributed by atoms with Gasteiger partial charge in [0, 0.05) is 11.1 Å². The molecule has 0 unspecified atom stereocenters. The summed E-state index contributed by atoms with van der Waals surface area (Å²) in [6, 6.07) is 8.52. The Morgan fingerprint density at radius 3 is 2.47 bits per heavy atom. The van der Waals surface area contributed by atoms with E-state index in [9.17, 15) is 0 Å². The van der Waals surface area contributed by atoms with Gasteiger partial charge in [0.15, 0.2) is 0 Å². The summed E-state index contributed by atoms with van der Waals surface area (Å²) < 4.78 is 2.05. The molecule has 1 aromatic carbocycles. The van der Waals surface area contributed by atoms with Crippen LogP contribution in [0.15, 0.2) is 30.6 Å². The van der Waals surface area contributed by atoms with Crippen molar-refractivity contribution in [3.8, 4) is 11.3 Å². The summed E-state index contributed by atoms with van der Waals surface area (Å²) in [5.41, 5.74) is 9.80. The SMILES string of the molecule is CC(C)(C)n1cnc(-c2ccccc2C2CC2)c1N. The molecule has 19 heavy (non-hydrogen) atoms. The first kappa shape index (κ1) is 12.3. The molecule has 0 radical (unpaired) electrons. The summed E-state index contributed by atoms with van der Waals surface area (Å²) in [4.78, 5) is 4.56. The van der Waals surface area contributed by atoms with E-state index < -0.39 is 0 Å². The molecule has 0 spiro atoms. The molecular formula is C16H21N3. The fourth-order valence-electron chi connectivity index (χ4n) is 2.56. The Balaban J connectivity index is 2.11. The number of nitrogens with two attached hydrogens (primary N) is 1. The van der Waals surface area contributed by atoms with Crippen molar-refractivity contribution in [2.24, 2.45) is 0 Å². The van der Waals surface area contributed by atoms with Crippen LogP contribution in [0.1, 0.15) is 45.1 Å². The number of nitrogens with zero attached hydrogens (tertiary/aromatic N) is 2. The van der Waals surface area contributed by atoms with Crippen LogP contribution in [-0.2, 0) is 5.54 Å². The van der Waals surface area contributed by atoms with Crippen molar-refractivity contribution in [1.82, 2.24) is 9.55 Å². The van der Waals surface area contributed by atoms with Crippen LogP contribution >= 0.6 is 0 Å². The molecule has 1 heterocycles. The summed E-state index contributed by atoms with van der Waals surface area (Å²) in [5, 5.41) is 0. The lowest BCUT2D eigenvalue weighted by Gasteiger charge is -2.22. The third-order valence-electron chi connectivity index (χ3n) is 3.76. The Morgan fingerprint density at radius 1 is 1.21 bits per heavy atom. The van der Waals surface area contributed by atoms with E-state index in [0.717, 1.165) is 11.5 Å². The van der Waals surface area contributed by atoms with Crippen molar-refractivity contribution < 1.29 is 0 Å². The topological polar surface area (TPSA) is 43.8 Å². The van der Waals surface area contributed by atoms with Crippen molar-refractivity contribution in [2.75, 3.05) is 5.73 Å². The first-order valence-electron chi connectivity index (χ1n) is 6.91. The van der Waals surface area contributed by atoms with Crippen LogP contribution in [-0.4, -0.2) is 9.55 Å². The number of hydrogen-bond donors (Lipinski definition) is 1. The van der Waals surface area contributed by atoms with Gasteiger partial charge in [-0.15, -0.1) is 0 Å². The number of hydrogen-bond acceptors (Lipinski definition) is 2. The van der Waals surface area contributed by atoms with Crippen LogP contribution in [0.5, 0.6) is 0 Å². The first-order valence-corrected chi connectivity index (χ1v) is 6.91. The number of imidazole rings is 1. The summed E-state index contributed by atoms with van der Waals surface area (Å²) in [6.07, 6.45) is 4.43. The highest BCUT2D eigenvalue weighted by atomic mass is 15.2. The number of rotatable bonds is 2. The van der Waals surface area contributed by atoms with Gasteiger partial charge in [-0.2, -0.15) is 0 Å². The van der Waals surface area contributed by atoms with Crippen molar-refractivity contribution in [3.05, 3.63) is 36.2 Å². The highest BCUT2D eigenvalue weighted by Gasteiger charge is 2.28. The fraction of sp³-hybridized carbons (Fsp3) is 0.438. The van der Waals surface area contributed by atoms with E-state index in [4.69, 9.17) is 5.73 Å². The molecule has 2 N–H and O–H groups in total. The van der Waals surface area contributed by atoms with Gasteiger partial charge in [0.25, 0.3) is 0 Å². The lowest BCUT2D eigenvalue weighted by atomic mass is 10.0. The van der Waals surface area contributed by atoms with Crippen LogP contribution in [0.4, 0.5) is 5.82 Å². The standard InChI is InChI=1S/C16H21N3/c1-16(2,3)19-10-18-14(15(19)17)13-7-5-4-6-12(13)11-8-9-11/h4-7,10-11H,8-9,17H2,1-3H3. The molecule has 0 bridgehead atoms. The third kappa shape index (κ3) is 2.14. The molecule has 1 aliphatic carbocycles. The third-order valence-corrected chi connectivity index (χ3v) is 3.76. The number of benzene rings is 1. The highest BCUT2D eigenvalue weighted by Crippen LogP contribution is 2.45. The zero-order chi connectivity index (χ0) is 13.6. The molecule has 2 aromatic rings. The normalized spacial score (nSPS) is 15.7. The average molecular weight is 255 g/mol. The molecule has 0 amide bonds. The van der Waals surface area contributed by atoms with E-state index in [1.165, 1.54) is 24.0 Å². The van der Waals surface area contributed by atoms with E-state index >= 15 is 0 Å². The van der Waals surface area contributed by atoms with Crippen LogP contribution in [0.3, 0.4) is 0 Å². The summed E-state index contributed by atoms with van der Waals surface area (Å²) in [6.45, 7) is 6.42. The van der Waals surface area contributed by atoms with E-state index in [2.05, 4.69) is 50.0 Å². The molecule has 3 heteroatoms. The van der Waals surface area contributed by atoms with Gasteiger partial charge in [0.05, 0.1) is 6.33 Å². The summed E-state index contributed by atoms with van der Waals surface area (Å²) in [5.74, 6) is 1.47. The smallest absolute Gasteiger partial charge is 0.132 e. The van der Waals surface area contributed by atoms with Gasteiger partial charge >= 0.3 is 0 Å². The predicted octanol–water partition coefficient (Wildman–Crippen LogP) is 3.76. The Kier molecular flexibility index (Phi) is 2.66. The van der Waals surface area contributed by atoms with Gasteiger partial charge in [0.1, 0.15) is 11.5 Å². The van der Waals surface area contributed by atoms with Gasteiger partial charge in [-0.05, 0) is 45.1 Å². The quantitative estimate of drug-likeness (QED) is 0.887. The molecule has 0 saturated heterocycles. The Labute approximate surface area is 114 Å².